The largest absolute Gasteiger partial charge is 0.462 e. The molecule has 0 aliphatic carbocycles. The van der Waals surface area contributed by atoms with Crippen molar-refractivity contribution in [3.8, 4) is 0 Å². The monoisotopic (exact) mass is 408 g/mol. The summed E-state index contributed by atoms with van der Waals surface area (Å²) in [5.74, 6) is -0.513. The number of aromatic nitrogens is 1. The van der Waals surface area contributed by atoms with Crippen molar-refractivity contribution >= 4 is 27.3 Å². The molecule has 0 radical (unpaired) electrons. The summed E-state index contributed by atoms with van der Waals surface area (Å²) < 4.78 is 32.8. The number of esters is 1. The molecule has 27 heavy (non-hydrogen) atoms. The van der Waals surface area contributed by atoms with E-state index in [0.717, 1.165) is 29.8 Å². The number of aryl methyl sites for hydroxylation is 1. The Bertz CT molecular complexity index is 908. The molecule has 1 aliphatic rings. The predicted octanol–water partition coefficient (Wildman–Crippen LogP) is 3.41. The van der Waals surface area contributed by atoms with Crippen LogP contribution < -0.4 is 0 Å². The highest BCUT2D eigenvalue weighted by atomic mass is 32.2. The Labute approximate surface area is 164 Å². The lowest BCUT2D eigenvalue weighted by Crippen LogP contribution is -2.41. The van der Waals surface area contributed by atoms with Crippen LogP contribution in [0.5, 0.6) is 0 Å². The molecule has 146 valence electrons. The van der Waals surface area contributed by atoms with Gasteiger partial charge in [-0.3, -0.25) is 0 Å². The molecule has 1 aromatic carbocycles. The van der Waals surface area contributed by atoms with E-state index in [9.17, 15) is 13.2 Å². The fraction of sp³-hybridized carbons (Fsp3) is 0.474. The normalized spacial score (nSPS) is 18.4. The van der Waals surface area contributed by atoms with Crippen molar-refractivity contribution in [2.45, 2.75) is 50.5 Å². The van der Waals surface area contributed by atoms with E-state index >= 15 is 0 Å². The van der Waals surface area contributed by atoms with E-state index in [4.69, 9.17) is 4.74 Å². The van der Waals surface area contributed by atoms with Gasteiger partial charge in [0.2, 0.25) is 10.0 Å². The molecule has 8 heteroatoms. The third kappa shape index (κ3) is 4.56. The van der Waals surface area contributed by atoms with Crippen molar-refractivity contribution in [1.29, 1.82) is 0 Å². The molecule has 2 aromatic rings. The second-order valence-corrected chi connectivity index (χ2v) is 9.57. The molecule has 0 amide bonds. The highest BCUT2D eigenvalue weighted by Crippen LogP contribution is 2.25. The molecular formula is C19H24N2O4S2. The summed E-state index contributed by atoms with van der Waals surface area (Å²) in [5, 5.41) is 0. The highest BCUT2D eigenvalue weighted by molar-refractivity contribution is 7.89. The zero-order chi connectivity index (χ0) is 19.4. The van der Waals surface area contributed by atoms with Crippen LogP contribution in [0.3, 0.4) is 0 Å². The van der Waals surface area contributed by atoms with E-state index in [0.29, 0.717) is 13.0 Å². The number of ether oxygens (including phenoxy) is 1. The Balaban J connectivity index is 1.69. The molecule has 0 saturated carbocycles. The van der Waals surface area contributed by atoms with E-state index in [-0.39, 0.29) is 23.1 Å². The number of benzene rings is 1. The number of thiazole rings is 1. The summed E-state index contributed by atoms with van der Waals surface area (Å²) in [6.07, 6.45) is 3.37. The van der Waals surface area contributed by atoms with Crippen molar-refractivity contribution in [3.05, 3.63) is 45.9 Å². The van der Waals surface area contributed by atoms with E-state index < -0.39 is 16.0 Å². The van der Waals surface area contributed by atoms with Gasteiger partial charge < -0.3 is 4.74 Å². The first kappa shape index (κ1) is 20.0. The summed E-state index contributed by atoms with van der Waals surface area (Å²) in [6, 6.07) is 6.09. The number of sulfonamides is 1. The maximum atomic E-state index is 12.9. The quantitative estimate of drug-likeness (QED) is 0.685. The van der Waals surface area contributed by atoms with Crippen LogP contribution in [0, 0.1) is 6.92 Å². The number of rotatable bonds is 6. The third-order valence-corrected chi connectivity index (χ3v) is 7.83. The Morgan fingerprint density at radius 3 is 2.89 bits per heavy atom. The van der Waals surface area contributed by atoms with Crippen LogP contribution in [-0.2, 0) is 21.2 Å². The van der Waals surface area contributed by atoms with E-state index in [1.165, 1.54) is 27.8 Å². The van der Waals surface area contributed by atoms with Crippen molar-refractivity contribution in [3.63, 3.8) is 0 Å². The Morgan fingerprint density at radius 1 is 1.37 bits per heavy atom. The Kier molecular flexibility index (Phi) is 6.29. The zero-order valence-electron chi connectivity index (χ0n) is 15.6. The van der Waals surface area contributed by atoms with Crippen molar-refractivity contribution < 1.29 is 17.9 Å². The van der Waals surface area contributed by atoms with E-state index in [1.54, 1.807) is 17.6 Å². The molecule has 2 heterocycles. The topological polar surface area (TPSA) is 76.6 Å². The van der Waals surface area contributed by atoms with Crippen LogP contribution in [-0.4, -0.2) is 42.9 Å². The first-order valence-corrected chi connectivity index (χ1v) is 11.4. The van der Waals surface area contributed by atoms with Gasteiger partial charge in [-0.1, -0.05) is 12.5 Å². The number of nitrogens with zero attached hydrogens (tertiary/aromatic N) is 2. The van der Waals surface area contributed by atoms with Gasteiger partial charge in [0, 0.05) is 23.9 Å². The van der Waals surface area contributed by atoms with Crippen LogP contribution in [0.2, 0.25) is 0 Å². The summed E-state index contributed by atoms with van der Waals surface area (Å²) in [7, 11) is -3.61. The number of carbonyl (C=O) groups excluding carboxylic acids is 1. The van der Waals surface area contributed by atoms with Crippen molar-refractivity contribution in [2.75, 3.05) is 13.2 Å². The van der Waals surface area contributed by atoms with Crippen molar-refractivity contribution in [1.82, 2.24) is 9.29 Å². The first-order valence-electron chi connectivity index (χ1n) is 9.07. The van der Waals surface area contributed by atoms with Crippen LogP contribution in [0.4, 0.5) is 0 Å². The van der Waals surface area contributed by atoms with Crippen molar-refractivity contribution in [2.24, 2.45) is 0 Å². The van der Waals surface area contributed by atoms with Crippen LogP contribution >= 0.6 is 11.3 Å². The number of piperidine rings is 1. The molecule has 1 fully saturated rings. The van der Waals surface area contributed by atoms with Gasteiger partial charge in [0.05, 0.1) is 28.3 Å². The molecule has 1 saturated heterocycles. The maximum absolute atomic E-state index is 12.9. The molecule has 1 aromatic heterocycles. The van der Waals surface area contributed by atoms with Gasteiger partial charge >= 0.3 is 5.97 Å². The van der Waals surface area contributed by atoms with Crippen LogP contribution in [0.1, 0.15) is 47.1 Å². The summed E-state index contributed by atoms with van der Waals surface area (Å²) in [5.41, 5.74) is 2.96. The first-order chi connectivity index (χ1) is 12.9. The Morgan fingerprint density at radius 2 is 2.19 bits per heavy atom. The van der Waals surface area contributed by atoms with Gasteiger partial charge in [0.25, 0.3) is 0 Å². The second-order valence-electron chi connectivity index (χ2n) is 6.74. The number of hydrogen-bond acceptors (Lipinski definition) is 6. The minimum atomic E-state index is -3.61. The standard InChI is InChI=1S/C19H24N2O4S2/c1-14-6-3-4-10-21(14)27(23,24)17-8-5-7-16(12-17)19(22)25-11-9-18-15(2)20-13-26-18/h5,7-8,12-14H,3-4,6,9-11H2,1-2H3. The van der Waals surface area contributed by atoms with Gasteiger partial charge in [-0.05, 0) is 44.9 Å². The van der Waals surface area contributed by atoms with Crippen LogP contribution in [0.25, 0.3) is 0 Å². The average Bonchev–Trinajstić information content (AvgIpc) is 3.07. The number of hydrogen-bond donors (Lipinski definition) is 0. The predicted molar refractivity (Wildman–Crippen MR) is 104 cm³/mol. The second kappa shape index (κ2) is 8.50. The van der Waals surface area contributed by atoms with Gasteiger partial charge in [-0.15, -0.1) is 11.3 Å². The van der Waals surface area contributed by atoms with E-state index in [2.05, 4.69) is 4.98 Å². The fourth-order valence-corrected chi connectivity index (χ4v) is 5.74. The number of carbonyl (C=O) groups is 1. The summed E-state index contributed by atoms with van der Waals surface area (Å²) in [6.45, 7) is 4.61. The minimum Gasteiger partial charge on any atom is -0.462 e. The Hall–Kier alpha value is -1.77. The molecule has 0 N–H and O–H groups in total. The molecule has 0 spiro atoms. The highest BCUT2D eigenvalue weighted by Gasteiger charge is 2.31. The summed E-state index contributed by atoms with van der Waals surface area (Å²) >= 11 is 1.53. The van der Waals surface area contributed by atoms with Gasteiger partial charge in [-0.25, -0.2) is 18.2 Å². The zero-order valence-corrected chi connectivity index (χ0v) is 17.2. The SMILES string of the molecule is Cc1ncsc1CCOC(=O)c1cccc(S(=O)(=O)N2CCCCC2C)c1. The minimum absolute atomic E-state index is 0.0259. The molecule has 3 rings (SSSR count). The summed E-state index contributed by atoms with van der Waals surface area (Å²) in [4.78, 5) is 17.7. The molecule has 0 bridgehead atoms. The lowest BCUT2D eigenvalue weighted by atomic mass is 10.1. The van der Waals surface area contributed by atoms with Crippen LogP contribution in [0.15, 0.2) is 34.7 Å². The lowest BCUT2D eigenvalue weighted by molar-refractivity contribution is 0.0509. The smallest absolute Gasteiger partial charge is 0.338 e. The fourth-order valence-electron chi connectivity index (χ4n) is 3.23. The lowest BCUT2D eigenvalue weighted by Gasteiger charge is -2.32. The molecule has 1 unspecified atom stereocenters. The van der Waals surface area contributed by atoms with E-state index in [1.807, 2.05) is 13.8 Å². The molecule has 1 aliphatic heterocycles. The van der Waals surface area contributed by atoms with Gasteiger partial charge in [0.1, 0.15) is 0 Å². The maximum Gasteiger partial charge on any atom is 0.338 e. The van der Waals surface area contributed by atoms with Gasteiger partial charge in [-0.2, -0.15) is 4.31 Å². The average molecular weight is 409 g/mol. The molecule has 6 nitrogen and oxygen atoms in total. The molecular weight excluding hydrogens is 384 g/mol. The molecule has 1 atom stereocenters. The van der Waals surface area contributed by atoms with Gasteiger partial charge in [0.15, 0.2) is 0 Å². The third-order valence-electron chi connectivity index (χ3n) is 4.83.